The van der Waals surface area contributed by atoms with Gasteiger partial charge in [0.25, 0.3) is 5.91 Å². The second kappa shape index (κ2) is 7.58. The first kappa shape index (κ1) is 20.7. The Balaban J connectivity index is 1.59. The van der Waals surface area contributed by atoms with Gasteiger partial charge in [0.2, 0.25) is 13.0 Å². The van der Waals surface area contributed by atoms with Gasteiger partial charge in [0.15, 0.2) is 17.6 Å². The van der Waals surface area contributed by atoms with Crippen LogP contribution in [0.15, 0.2) is 33.7 Å². The summed E-state index contributed by atoms with van der Waals surface area (Å²) in [6.45, 7) is -0.914. The fourth-order valence-electron chi connectivity index (χ4n) is 3.12. The van der Waals surface area contributed by atoms with Gasteiger partial charge < -0.3 is 29.7 Å². The highest BCUT2D eigenvalue weighted by Gasteiger charge is 2.59. The molecule has 0 unspecified atom stereocenters. The van der Waals surface area contributed by atoms with Crippen LogP contribution in [0.5, 0.6) is 11.5 Å². The molecule has 30 heavy (non-hydrogen) atoms. The first-order chi connectivity index (χ1) is 14.2. The van der Waals surface area contributed by atoms with Crippen LogP contribution in [0.1, 0.15) is 16.6 Å². The molecular weight excluding hydrogens is 476 g/mol. The molecule has 10 nitrogen and oxygen atoms in total. The van der Waals surface area contributed by atoms with Crippen molar-refractivity contribution in [2.24, 2.45) is 0 Å². The monoisotopic (exact) mass is 489 g/mol. The van der Waals surface area contributed by atoms with E-state index in [9.17, 15) is 23.5 Å². The Kier molecular flexibility index (Phi) is 5.22. The smallest absolute Gasteiger partial charge is 0.351 e. The van der Waals surface area contributed by atoms with Crippen LogP contribution in [-0.2, 0) is 4.74 Å². The topological polar surface area (TPSA) is 132 Å². The Morgan fingerprint density at radius 2 is 2.13 bits per heavy atom. The van der Waals surface area contributed by atoms with Crippen LogP contribution in [0.2, 0.25) is 0 Å². The maximum atomic E-state index is 14.2. The van der Waals surface area contributed by atoms with E-state index in [1.54, 1.807) is 12.1 Å². The summed E-state index contributed by atoms with van der Waals surface area (Å²) in [5, 5.41) is 21.0. The number of benzene rings is 1. The van der Waals surface area contributed by atoms with Gasteiger partial charge in [-0.1, -0.05) is 0 Å². The number of aliphatic hydroxyl groups excluding tert-OH is 2. The van der Waals surface area contributed by atoms with Crippen molar-refractivity contribution in [1.82, 2.24) is 9.55 Å². The molecule has 2 aliphatic heterocycles. The lowest BCUT2D eigenvalue weighted by Gasteiger charge is -2.21. The molecule has 1 aromatic carbocycles. The fraction of sp³-hybridized carbons (Fsp3) is 0.353. The number of amides is 1. The molecule has 1 fully saturated rings. The number of carbonyl (C=O) groups excluding carboxylic acids is 1. The number of hydrogen-bond donors (Lipinski definition) is 3. The van der Waals surface area contributed by atoms with Gasteiger partial charge in [-0.05, 0) is 34.1 Å². The van der Waals surface area contributed by atoms with Gasteiger partial charge in [-0.15, -0.1) is 0 Å². The molecule has 3 heterocycles. The number of halogens is 3. The minimum absolute atomic E-state index is 0.0589. The minimum atomic E-state index is -3.84. The van der Waals surface area contributed by atoms with Crippen LogP contribution in [0.4, 0.5) is 14.6 Å². The molecule has 0 aliphatic carbocycles. The summed E-state index contributed by atoms with van der Waals surface area (Å²) in [5.41, 5.74) is -1.05. The summed E-state index contributed by atoms with van der Waals surface area (Å²) in [6.07, 6.45) is -5.07. The molecule has 3 atom stereocenters. The number of aromatic nitrogens is 2. The third-order valence-corrected chi connectivity index (χ3v) is 5.26. The van der Waals surface area contributed by atoms with Crippen LogP contribution < -0.4 is 20.5 Å². The number of rotatable bonds is 4. The van der Waals surface area contributed by atoms with Crippen LogP contribution in [0, 0.1) is 0 Å². The van der Waals surface area contributed by atoms with E-state index in [1.165, 1.54) is 0 Å². The van der Waals surface area contributed by atoms with Crippen molar-refractivity contribution in [2.75, 3.05) is 18.7 Å². The van der Waals surface area contributed by atoms with E-state index in [1.807, 2.05) is 0 Å². The molecule has 0 bridgehead atoms. The zero-order valence-electron chi connectivity index (χ0n) is 14.9. The van der Waals surface area contributed by atoms with Crippen molar-refractivity contribution in [3.05, 3.63) is 44.9 Å². The largest absolute Gasteiger partial charge is 0.454 e. The molecule has 1 saturated heterocycles. The SMILES string of the molecule is O=C(Nc1ccn([C@@H]2O[C@H](CO)[C@H](O)C2(F)F)c(=O)n1)c1c(Br)ccc2c1OCO2. The minimum Gasteiger partial charge on any atom is -0.454 e. The number of nitrogens with zero attached hydrogens (tertiary/aromatic N) is 2. The number of alkyl halides is 2. The van der Waals surface area contributed by atoms with E-state index in [-0.39, 0.29) is 23.9 Å². The zero-order valence-corrected chi connectivity index (χ0v) is 16.5. The van der Waals surface area contributed by atoms with Crippen LogP contribution in [0.3, 0.4) is 0 Å². The lowest BCUT2D eigenvalue weighted by Crippen LogP contribution is -2.41. The summed E-state index contributed by atoms with van der Waals surface area (Å²) in [4.78, 5) is 28.5. The number of fused-ring (bicyclic) bond motifs is 1. The molecule has 2 aromatic rings. The maximum Gasteiger partial charge on any atom is 0.351 e. The van der Waals surface area contributed by atoms with Crippen molar-refractivity contribution in [3.63, 3.8) is 0 Å². The summed E-state index contributed by atoms with van der Waals surface area (Å²) < 4.78 is 44.8. The average molecular weight is 490 g/mol. The molecule has 0 spiro atoms. The predicted molar refractivity (Wildman–Crippen MR) is 98.7 cm³/mol. The standard InChI is InChI=1S/C17H14BrF2N3O7/c18-7-1-2-8-12(29-6-28-8)11(7)14(26)21-10-3-4-23(16(27)22-10)15-17(19,20)13(25)9(5-24)30-15/h1-4,9,13,15,24-25H,5-6H2,(H,21,22,26,27)/t9-,13+,15-/m1/s1. The Labute approximate surface area is 175 Å². The van der Waals surface area contributed by atoms with Gasteiger partial charge in [0, 0.05) is 10.7 Å². The van der Waals surface area contributed by atoms with Gasteiger partial charge >= 0.3 is 11.6 Å². The molecule has 160 valence electrons. The Morgan fingerprint density at radius 1 is 1.37 bits per heavy atom. The molecular formula is C17H14BrF2N3O7. The summed E-state index contributed by atoms with van der Waals surface area (Å²) in [5.74, 6) is -4.14. The second-order valence-electron chi connectivity index (χ2n) is 6.44. The Hall–Kier alpha value is -2.61. The van der Waals surface area contributed by atoms with Crippen LogP contribution in [0.25, 0.3) is 0 Å². The molecule has 3 N–H and O–H groups in total. The molecule has 4 rings (SSSR count). The lowest BCUT2D eigenvalue weighted by molar-refractivity contribution is -0.140. The van der Waals surface area contributed by atoms with E-state index in [0.29, 0.717) is 14.8 Å². The van der Waals surface area contributed by atoms with Crippen molar-refractivity contribution in [3.8, 4) is 11.5 Å². The molecule has 1 aromatic heterocycles. The summed E-state index contributed by atoms with van der Waals surface area (Å²) in [6, 6.07) is 4.31. The van der Waals surface area contributed by atoms with E-state index < -0.39 is 42.6 Å². The Bertz CT molecular complexity index is 1060. The predicted octanol–water partition coefficient (Wildman–Crippen LogP) is 0.873. The van der Waals surface area contributed by atoms with Gasteiger partial charge in [-0.2, -0.15) is 13.8 Å². The number of ether oxygens (including phenoxy) is 3. The number of carbonyl (C=O) groups is 1. The summed E-state index contributed by atoms with van der Waals surface area (Å²) >= 11 is 3.24. The molecule has 1 amide bonds. The number of hydrogen-bond acceptors (Lipinski definition) is 8. The van der Waals surface area contributed by atoms with Crippen LogP contribution >= 0.6 is 15.9 Å². The van der Waals surface area contributed by atoms with Crippen molar-refractivity contribution >= 4 is 27.7 Å². The van der Waals surface area contributed by atoms with Crippen molar-refractivity contribution < 1.29 is 38.0 Å². The molecule has 2 aliphatic rings. The highest BCUT2D eigenvalue weighted by atomic mass is 79.9. The highest BCUT2D eigenvalue weighted by molar-refractivity contribution is 9.10. The van der Waals surface area contributed by atoms with Crippen LogP contribution in [-0.4, -0.2) is 57.2 Å². The molecule has 13 heteroatoms. The highest BCUT2D eigenvalue weighted by Crippen LogP contribution is 2.42. The number of anilines is 1. The lowest BCUT2D eigenvalue weighted by atomic mass is 10.1. The third-order valence-electron chi connectivity index (χ3n) is 4.60. The Morgan fingerprint density at radius 3 is 2.80 bits per heavy atom. The first-order valence-electron chi connectivity index (χ1n) is 8.55. The van der Waals surface area contributed by atoms with E-state index in [2.05, 4.69) is 26.2 Å². The van der Waals surface area contributed by atoms with E-state index in [0.717, 1.165) is 12.3 Å². The van der Waals surface area contributed by atoms with E-state index >= 15 is 0 Å². The van der Waals surface area contributed by atoms with Gasteiger partial charge in [0.05, 0.1) is 12.2 Å². The quantitative estimate of drug-likeness (QED) is 0.576. The van der Waals surface area contributed by atoms with Crippen molar-refractivity contribution in [2.45, 2.75) is 24.4 Å². The normalized spacial score (nSPS) is 24.1. The molecule has 0 radical (unpaired) electrons. The number of aliphatic hydroxyl groups is 2. The average Bonchev–Trinajstić information content (AvgIpc) is 3.25. The first-order valence-corrected chi connectivity index (χ1v) is 9.34. The van der Waals surface area contributed by atoms with Gasteiger partial charge in [-0.25, -0.2) is 4.79 Å². The summed E-state index contributed by atoms with van der Waals surface area (Å²) in [7, 11) is 0. The van der Waals surface area contributed by atoms with E-state index in [4.69, 9.17) is 19.3 Å². The van der Waals surface area contributed by atoms with Crippen molar-refractivity contribution in [1.29, 1.82) is 0 Å². The fourth-order valence-corrected chi connectivity index (χ4v) is 3.61. The zero-order chi connectivity index (χ0) is 21.6. The molecule has 0 saturated carbocycles. The van der Waals surface area contributed by atoms with Gasteiger partial charge in [-0.3, -0.25) is 9.36 Å². The number of nitrogens with one attached hydrogen (secondary N) is 1. The second-order valence-corrected chi connectivity index (χ2v) is 7.30. The third kappa shape index (κ3) is 3.33. The van der Waals surface area contributed by atoms with Gasteiger partial charge in [0.1, 0.15) is 11.9 Å². The maximum absolute atomic E-state index is 14.2.